The first-order chi connectivity index (χ1) is 15.2. The molecular formula is C23H20N4O4. The summed E-state index contributed by atoms with van der Waals surface area (Å²) in [6.45, 7) is 0.0928. The van der Waals surface area contributed by atoms with Crippen LogP contribution in [0.1, 0.15) is 11.3 Å². The average molecular weight is 416 g/mol. The Labute approximate surface area is 178 Å². The molecule has 156 valence electrons. The summed E-state index contributed by atoms with van der Waals surface area (Å²) in [6, 6.07) is 20.2. The van der Waals surface area contributed by atoms with Gasteiger partial charge in [0.25, 0.3) is 0 Å². The van der Waals surface area contributed by atoms with Crippen LogP contribution in [0, 0.1) is 0 Å². The van der Waals surface area contributed by atoms with Crippen molar-refractivity contribution >= 4 is 5.84 Å². The van der Waals surface area contributed by atoms with Crippen molar-refractivity contribution in [2.24, 2.45) is 10.9 Å². The third-order valence-corrected chi connectivity index (χ3v) is 4.27. The van der Waals surface area contributed by atoms with Crippen LogP contribution in [0.15, 0.2) is 88.8 Å². The summed E-state index contributed by atoms with van der Waals surface area (Å²) in [4.78, 5) is 14.0. The molecule has 0 fully saturated rings. The number of hydrogen-bond donors (Lipinski definition) is 1. The summed E-state index contributed by atoms with van der Waals surface area (Å²) >= 11 is 0. The van der Waals surface area contributed by atoms with Gasteiger partial charge in [-0.3, -0.25) is 0 Å². The molecule has 0 bridgehead atoms. The molecule has 0 saturated carbocycles. The Morgan fingerprint density at radius 1 is 1.00 bits per heavy atom. The standard InChI is InChI=1S/C23H20N4O4/c1-28-18-11-9-16(10-12-18)22-26-17(14-29-22)15-30-27-21(24)20-8-5-13-25-23(20)31-19-6-3-2-4-7-19/h2-14H,15H2,1H3,(H2,24,27). The first-order valence-corrected chi connectivity index (χ1v) is 9.45. The molecule has 0 aliphatic heterocycles. The van der Waals surface area contributed by atoms with Crippen molar-refractivity contribution in [1.82, 2.24) is 9.97 Å². The zero-order valence-corrected chi connectivity index (χ0v) is 16.8. The van der Waals surface area contributed by atoms with Crippen LogP contribution in [-0.2, 0) is 11.4 Å². The fourth-order valence-corrected chi connectivity index (χ4v) is 2.72. The van der Waals surface area contributed by atoms with Crippen LogP contribution in [0.4, 0.5) is 0 Å². The maximum atomic E-state index is 6.09. The smallest absolute Gasteiger partial charge is 0.230 e. The van der Waals surface area contributed by atoms with Crippen LogP contribution < -0.4 is 15.2 Å². The van der Waals surface area contributed by atoms with Gasteiger partial charge in [0.1, 0.15) is 23.5 Å². The number of rotatable bonds is 8. The fraction of sp³-hybridized carbons (Fsp3) is 0.0870. The molecule has 8 nitrogen and oxygen atoms in total. The van der Waals surface area contributed by atoms with Crippen LogP contribution in [0.5, 0.6) is 17.4 Å². The number of methoxy groups -OCH3 is 1. The molecule has 2 aromatic carbocycles. The number of benzene rings is 2. The molecule has 0 spiro atoms. The van der Waals surface area contributed by atoms with E-state index in [0.29, 0.717) is 28.8 Å². The molecule has 0 saturated heterocycles. The topological polar surface area (TPSA) is 105 Å². The van der Waals surface area contributed by atoms with Crippen LogP contribution in [0.3, 0.4) is 0 Å². The van der Waals surface area contributed by atoms with E-state index >= 15 is 0 Å². The quantitative estimate of drug-likeness (QED) is 0.258. The third kappa shape index (κ3) is 4.99. The van der Waals surface area contributed by atoms with Gasteiger partial charge in [0.15, 0.2) is 12.4 Å². The number of aromatic nitrogens is 2. The SMILES string of the molecule is COc1ccc(-c2nc(CO/N=C(/N)c3cccnc3Oc3ccccc3)co2)cc1. The van der Waals surface area contributed by atoms with Gasteiger partial charge in [-0.2, -0.15) is 0 Å². The van der Waals surface area contributed by atoms with Crippen molar-refractivity contribution < 1.29 is 18.7 Å². The van der Waals surface area contributed by atoms with E-state index in [1.54, 1.807) is 25.4 Å². The van der Waals surface area contributed by atoms with Crippen LogP contribution in [-0.4, -0.2) is 22.9 Å². The Hall–Kier alpha value is -4.33. The summed E-state index contributed by atoms with van der Waals surface area (Å²) in [5, 5.41) is 3.97. The lowest BCUT2D eigenvalue weighted by Crippen LogP contribution is -2.15. The minimum atomic E-state index is 0.0928. The highest BCUT2D eigenvalue weighted by atomic mass is 16.6. The summed E-state index contributed by atoms with van der Waals surface area (Å²) in [5.41, 5.74) is 8.01. The number of oxime groups is 1. The highest BCUT2D eigenvalue weighted by Gasteiger charge is 2.11. The highest BCUT2D eigenvalue weighted by Crippen LogP contribution is 2.23. The Morgan fingerprint density at radius 3 is 2.58 bits per heavy atom. The van der Waals surface area contributed by atoms with Crippen molar-refractivity contribution in [2.75, 3.05) is 7.11 Å². The second-order valence-electron chi connectivity index (χ2n) is 6.39. The third-order valence-electron chi connectivity index (χ3n) is 4.27. The van der Waals surface area contributed by atoms with E-state index in [-0.39, 0.29) is 12.4 Å². The average Bonchev–Trinajstić information content (AvgIpc) is 3.29. The lowest BCUT2D eigenvalue weighted by atomic mass is 10.2. The molecule has 4 rings (SSSR count). The van der Waals surface area contributed by atoms with Crippen LogP contribution in [0.25, 0.3) is 11.5 Å². The molecule has 2 heterocycles. The lowest BCUT2D eigenvalue weighted by molar-refractivity contribution is 0.127. The van der Waals surface area contributed by atoms with Gasteiger partial charge < -0.3 is 24.5 Å². The van der Waals surface area contributed by atoms with Gasteiger partial charge in [0.05, 0.1) is 12.7 Å². The molecule has 0 radical (unpaired) electrons. The number of nitrogens with two attached hydrogens (primary N) is 1. The Kier molecular flexibility index (Phi) is 6.08. The predicted octanol–water partition coefficient (Wildman–Crippen LogP) is 4.37. The van der Waals surface area contributed by atoms with Crippen LogP contribution >= 0.6 is 0 Å². The molecular weight excluding hydrogens is 396 g/mol. The predicted molar refractivity (Wildman–Crippen MR) is 115 cm³/mol. The second-order valence-corrected chi connectivity index (χ2v) is 6.39. The molecule has 0 amide bonds. The number of oxazole rings is 1. The molecule has 0 unspecified atom stereocenters. The molecule has 0 aliphatic rings. The van der Waals surface area contributed by atoms with Gasteiger partial charge in [-0.15, -0.1) is 0 Å². The van der Waals surface area contributed by atoms with E-state index in [1.165, 1.54) is 6.26 Å². The Bertz CT molecular complexity index is 1160. The zero-order chi connectivity index (χ0) is 21.5. The molecule has 0 atom stereocenters. The van der Waals surface area contributed by atoms with Gasteiger partial charge in [-0.25, -0.2) is 9.97 Å². The van der Waals surface area contributed by atoms with Gasteiger partial charge in [-0.1, -0.05) is 23.4 Å². The van der Waals surface area contributed by atoms with Gasteiger partial charge in [0, 0.05) is 11.8 Å². The van der Waals surface area contributed by atoms with Crippen LogP contribution in [0.2, 0.25) is 0 Å². The summed E-state index contributed by atoms with van der Waals surface area (Å²) in [7, 11) is 1.62. The fourth-order valence-electron chi connectivity index (χ4n) is 2.72. The lowest BCUT2D eigenvalue weighted by Gasteiger charge is -2.09. The molecule has 4 aromatic rings. The van der Waals surface area contributed by atoms with Gasteiger partial charge >= 0.3 is 0 Å². The molecule has 2 N–H and O–H groups in total. The van der Waals surface area contributed by atoms with E-state index in [0.717, 1.165) is 11.3 Å². The second kappa shape index (κ2) is 9.45. The number of para-hydroxylation sites is 1. The van der Waals surface area contributed by atoms with Crippen molar-refractivity contribution in [2.45, 2.75) is 6.61 Å². The molecule has 2 aromatic heterocycles. The number of ether oxygens (including phenoxy) is 2. The molecule has 31 heavy (non-hydrogen) atoms. The van der Waals surface area contributed by atoms with E-state index in [9.17, 15) is 0 Å². The van der Waals surface area contributed by atoms with Crippen molar-refractivity contribution in [3.05, 3.63) is 90.4 Å². The largest absolute Gasteiger partial charge is 0.497 e. The van der Waals surface area contributed by atoms with E-state index in [4.69, 9.17) is 24.5 Å². The highest BCUT2D eigenvalue weighted by molar-refractivity contribution is 5.99. The van der Waals surface area contributed by atoms with Gasteiger partial charge in [0.2, 0.25) is 11.8 Å². The zero-order valence-electron chi connectivity index (χ0n) is 16.8. The van der Waals surface area contributed by atoms with E-state index < -0.39 is 0 Å². The van der Waals surface area contributed by atoms with Crippen molar-refractivity contribution in [3.8, 4) is 28.8 Å². The summed E-state index contributed by atoms with van der Waals surface area (Å²) < 4.78 is 16.5. The summed E-state index contributed by atoms with van der Waals surface area (Å²) in [6.07, 6.45) is 3.13. The first-order valence-electron chi connectivity index (χ1n) is 9.45. The number of pyridine rings is 1. The van der Waals surface area contributed by atoms with E-state index in [2.05, 4.69) is 15.1 Å². The summed E-state index contributed by atoms with van der Waals surface area (Å²) in [5.74, 6) is 2.35. The minimum absolute atomic E-state index is 0.0928. The maximum absolute atomic E-state index is 6.09. The monoisotopic (exact) mass is 416 g/mol. The van der Waals surface area contributed by atoms with Crippen molar-refractivity contribution in [1.29, 1.82) is 0 Å². The molecule has 8 heteroatoms. The number of amidine groups is 1. The van der Waals surface area contributed by atoms with E-state index in [1.807, 2.05) is 54.6 Å². The van der Waals surface area contributed by atoms with Crippen molar-refractivity contribution in [3.63, 3.8) is 0 Å². The number of hydrogen-bond acceptors (Lipinski definition) is 7. The first kappa shape index (κ1) is 20.0. The molecule has 0 aliphatic carbocycles. The van der Waals surface area contributed by atoms with Gasteiger partial charge in [-0.05, 0) is 48.5 Å². The normalized spacial score (nSPS) is 11.2. The minimum Gasteiger partial charge on any atom is -0.497 e. The Morgan fingerprint density at radius 2 is 1.81 bits per heavy atom. The maximum Gasteiger partial charge on any atom is 0.230 e. The Balaban J connectivity index is 1.41. The number of nitrogens with zero attached hydrogens (tertiary/aromatic N) is 3.